The molecule has 1 amide bonds. The first kappa shape index (κ1) is 19.0. The van der Waals surface area contributed by atoms with E-state index in [2.05, 4.69) is 5.32 Å². The molecule has 1 saturated carbocycles. The maximum absolute atomic E-state index is 12.8. The molecule has 1 heterocycles. The average molecular weight is 394 g/mol. The lowest BCUT2D eigenvalue weighted by Crippen LogP contribution is -2.36. The van der Waals surface area contributed by atoms with Crippen molar-refractivity contribution >= 4 is 29.2 Å². The Morgan fingerprint density at radius 1 is 1.17 bits per heavy atom. The number of nitrogens with one attached hydrogen (secondary N) is 1. The summed E-state index contributed by atoms with van der Waals surface area (Å²) < 4.78 is 10.4. The van der Waals surface area contributed by atoms with Gasteiger partial charge in [-0.25, -0.2) is 9.59 Å². The summed E-state index contributed by atoms with van der Waals surface area (Å²) in [5.41, 5.74) is 7.92. The van der Waals surface area contributed by atoms with Gasteiger partial charge < -0.3 is 20.5 Å². The van der Waals surface area contributed by atoms with Crippen LogP contribution in [-0.2, 0) is 19.9 Å². The van der Waals surface area contributed by atoms with Gasteiger partial charge in [0.05, 0.1) is 29.6 Å². The van der Waals surface area contributed by atoms with Crippen molar-refractivity contribution in [1.29, 1.82) is 0 Å². The zero-order valence-electron chi connectivity index (χ0n) is 16.1. The van der Waals surface area contributed by atoms with E-state index in [0.29, 0.717) is 48.2 Å². The molecular weight excluding hydrogens is 372 g/mol. The number of carbonyl (C=O) groups is 3. The quantitative estimate of drug-likeness (QED) is 0.611. The van der Waals surface area contributed by atoms with Gasteiger partial charge in [-0.3, -0.25) is 4.79 Å². The molecule has 3 N–H and O–H groups in total. The minimum atomic E-state index is -0.631. The van der Waals surface area contributed by atoms with E-state index in [-0.39, 0.29) is 17.8 Å². The average Bonchev–Trinajstić information content (AvgIpc) is 3.01. The highest BCUT2D eigenvalue weighted by molar-refractivity contribution is 5.98. The molecule has 1 fully saturated rings. The van der Waals surface area contributed by atoms with Gasteiger partial charge in [-0.05, 0) is 49.9 Å². The number of hydrogen-bond acceptors (Lipinski definition) is 6. The van der Waals surface area contributed by atoms with Crippen LogP contribution in [0, 0.1) is 5.92 Å². The third-order valence-electron chi connectivity index (χ3n) is 5.82. The molecule has 7 heteroatoms. The van der Waals surface area contributed by atoms with Crippen molar-refractivity contribution in [3.63, 3.8) is 0 Å². The molecule has 0 aromatic heterocycles. The number of hydrogen-bond donors (Lipinski definition) is 2. The summed E-state index contributed by atoms with van der Waals surface area (Å²) in [6.45, 7) is 0. The molecule has 4 rings (SSSR count). The van der Waals surface area contributed by atoms with Crippen LogP contribution < -0.4 is 11.1 Å². The summed E-state index contributed by atoms with van der Waals surface area (Å²) in [4.78, 5) is 36.7. The first-order valence-corrected chi connectivity index (χ1v) is 9.55. The highest BCUT2D eigenvalue weighted by atomic mass is 16.6. The number of methoxy groups -OCH3 is 1. The van der Waals surface area contributed by atoms with E-state index in [0.717, 1.165) is 5.56 Å². The lowest BCUT2D eigenvalue weighted by atomic mass is 9.74. The third kappa shape index (κ3) is 3.33. The van der Waals surface area contributed by atoms with Gasteiger partial charge in [0, 0.05) is 11.5 Å². The maximum Gasteiger partial charge on any atom is 0.339 e. The second kappa shape index (κ2) is 7.24. The molecule has 2 aromatic carbocycles. The molecule has 2 aromatic rings. The molecule has 0 saturated heterocycles. The van der Waals surface area contributed by atoms with Gasteiger partial charge in [-0.15, -0.1) is 0 Å². The highest BCUT2D eigenvalue weighted by Gasteiger charge is 2.48. The molecule has 2 aliphatic rings. The number of amides is 1. The smallest absolute Gasteiger partial charge is 0.339 e. The summed E-state index contributed by atoms with van der Waals surface area (Å²) in [5, 5.41) is 2.83. The molecule has 7 nitrogen and oxygen atoms in total. The molecule has 1 aliphatic carbocycles. The second-order valence-electron chi connectivity index (χ2n) is 7.49. The highest BCUT2D eigenvalue weighted by Crippen LogP contribution is 2.48. The van der Waals surface area contributed by atoms with Crippen LogP contribution in [0.2, 0.25) is 0 Å². The summed E-state index contributed by atoms with van der Waals surface area (Å²) in [5.74, 6) is -1.18. The van der Waals surface area contributed by atoms with E-state index in [1.165, 1.54) is 13.2 Å². The Kier molecular flexibility index (Phi) is 4.74. The lowest BCUT2D eigenvalue weighted by Gasteiger charge is -2.36. The largest absolute Gasteiger partial charge is 0.465 e. The van der Waals surface area contributed by atoms with Gasteiger partial charge >= 0.3 is 11.9 Å². The zero-order valence-corrected chi connectivity index (χ0v) is 16.1. The van der Waals surface area contributed by atoms with E-state index in [9.17, 15) is 14.4 Å². The SMILES string of the molecule is COC(=O)c1ccc(N)c(NC(=O)C2CCC3(CC2)OC(=O)c2ccccc23)c1. The van der Waals surface area contributed by atoms with Crippen LogP contribution in [0.25, 0.3) is 0 Å². The Bertz CT molecular complexity index is 992. The fraction of sp³-hybridized carbons (Fsp3) is 0.318. The van der Waals surface area contributed by atoms with Crippen molar-refractivity contribution in [1.82, 2.24) is 0 Å². The van der Waals surface area contributed by atoms with E-state index < -0.39 is 11.6 Å². The van der Waals surface area contributed by atoms with Crippen molar-refractivity contribution in [2.75, 3.05) is 18.2 Å². The molecule has 0 atom stereocenters. The van der Waals surface area contributed by atoms with Gasteiger partial charge in [0.2, 0.25) is 5.91 Å². The van der Waals surface area contributed by atoms with Crippen LogP contribution in [0.4, 0.5) is 11.4 Å². The fourth-order valence-corrected chi connectivity index (χ4v) is 4.21. The number of benzene rings is 2. The van der Waals surface area contributed by atoms with Crippen LogP contribution in [0.5, 0.6) is 0 Å². The Morgan fingerprint density at radius 2 is 1.90 bits per heavy atom. The molecule has 1 spiro atoms. The minimum Gasteiger partial charge on any atom is -0.465 e. The van der Waals surface area contributed by atoms with Gasteiger partial charge in [0.15, 0.2) is 0 Å². The number of fused-ring (bicyclic) bond motifs is 2. The normalized spacial score (nSPS) is 22.7. The summed E-state index contributed by atoms with van der Waals surface area (Å²) >= 11 is 0. The van der Waals surface area contributed by atoms with Gasteiger partial charge in [0.1, 0.15) is 5.60 Å². The number of esters is 2. The van der Waals surface area contributed by atoms with E-state index in [1.807, 2.05) is 18.2 Å². The monoisotopic (exact) mass is 394 g/mol. The van der Waals surface area contributed by atoms with Crippen molar-refractivity contribution in [3.05, 3.63) is 59.2 Å². The third-order valence-corrected chi connectivity index (χ3v) is 5.82. The number of anilines is 2. The predicted molar refractivity (Wildman–Crippen MR) is 106 cm³/mol. The summed E-state index contributed by atoms with van der Waals surface area (Å²) in [6.07, 6.45) is 2.35. The summed E-state index contributed by atoms with van der Waals surface area (Å²) in [7, 11) is 1.29. The molecule has 29 heavy (non-hydrogen) atoms. The molecule has 0 radical (unpaired) electrons. The van der Waals surface area contributed by atoms with Crippen molar-refractivity contribution in [2.45, 2.75) is 31.3 Å². The predicted octanol–water partition coefficient (Wildman–Crippen LogP) is 3.25. The van der Waals surface area contributed by atoms with Crippen LogP contribution in [0.15, 0.2) is 42.5 Å². The maximum atomic E-state index is 12.8. The number of nitrogens with two attached hydrogens (primary N) is 1. The zero-order chi connectivity index (χ0) is 20.6. The number of carbonyl (C=O) groups excluding carboxylic acids is 3. The topological polar surface area (TPSA) is 108 Å². The molecule has 0 bridgehead atoms. The Hall–Kier alpha value is -3.35. The van der Waals surface area contributed by atoms with E-state index in [4.69, 9.17) is 15.2 Å². The van der Waals surface area contributed by atoms with E-state index in [1.54, 1.807) is 18.2 Å². The number of ether oxygens (including phenoxy) is 2. The second-order valence-corrected chi connectivity index (χ2v) is 7.49. The molecule has 1 aliphatic heterocycles. The molecular formula is C22H22N2O5. The van der Waals surface area contributed by atoms with Crippen LogP contribution in [-0.4, -0.2) is 25.0 Å². The van der Waals surface area contributed by atoms with Crippen LogP contribution in [0.1, 0.15) is 52.0 Å². The van der Waals surface area contributed by atoms with Crippen LogP contribution in [0.3, 0.4) is 0 Å². The number of nitrogen functional groups attached to an aromatic ring is 1. The molecule has 150 valence electrons. The molecule has 0 unspecified atom stereocenters. The first-order valence-electron chi connectivity index (χ1n) is 9.55. The van der Waals surface area contributed by atoms with Crippen LogP contribution >= 0.6 is 0 Å². The summed E-state index contributed by atoms with van der Waals surface area (Å²) in [6, 6.07) is 12.1. The Labute approximate surface area is 168 Å². The van der Waals surface area contributed by atoms with Gasteiger partial charge in [-0.1, -0.05) is 18.2 Å². The minimum absolute atomic E-state index is 0.161. The lowest BCUT2D eigenvalue weighted by molar-refractivity contribution is -0.122. The van der Waals surface area contributed by atoms with Crippen molar-refractivity contribution < 1.29 is 23.9 Å². The standard InChI is InChI=1S/C22H22N2O5/c1-28-20(26)14-6-7-17(23)18(12-14)24-19(25)13-8-10-22(11-9-13)16-5-3-2-4-15(16)21(27)29-22/h2-7,12-13H,8-11,23H2,1H3,(H,24,25). The van der Waals surface area contributed by atoms with Crippen molar-refractivity contribution in [3.8, 4) is 0 Å². The first-order chi connectivity index (χ1) is 13.9. The number of rotatable bonds is 3. The van der Waals surface area contributed by atoms with Crippen molar-refractivity contribution in [2.24, 2.45) is 5.92 Å². The Morgan fingerprint density at radius 3 is 2.62 bits per heavy atom. The Balaban J connectivity index is 1.46. The fourth-order valence-electron chi connectivity index (χ4n) is 4.21. The van der Waals surface area contributed by atoms with Gasteiger partial charge in [0.25, 0.3) is 0 Å². The van der Waals surface area contributed by atoms with Gasteiger partial charge in [-0.2, -0.15) is 0 Å². The van der Waals surface area contributed by atoms with E-state index >= 15 is 0 Å².